The molecule has 0 saturated carbocycles. The van der Waals surface area contributed by atoms with Gasteiger partial charge in [-0.3, -0.25) is 0 Å². The van der Waals surface area contributed by atoms with Crippen LogP contribution in [0.25, 0.3) is 0 Å². The summed E-state index contributed by atoms with van der Waals surface area (Å²) in [5.74, 6) is 0.752. The maximum absolute atomic E-state index is 5.79. The molecule has 2 aromatic rings. The molecule has 0 aliphatic rings. The predicted molar refractivity (Wildman–Crippen MR) is 84.5 cm³/mol. The van der Waals surface area contributed by atoms with E-state index in [0.29, 0.717) is 6.54 Å². The van der Waals surface area contributed by atoms with E-state index in [1.54, 1.807) is 6.20 Å². The van der Waals surface area contributed by atoms with Crippen molar-refractivity contribution < 1.29 is 0 Å². The van der Waals surface area contributed by atoms with Gasteiger partial charge in [-0.05, 0) is 42.1 Å². The van der Waals surface area contributed by atoms with Gasteiger partial charge < -0.3 is 10.6 Å². The number of anilines is 2. The minimum Gasteiger partial charge on any atom is -0.381 e. The molecule has 1 heterocycles. The Morgan fingerprint density at radius 2 is 2.10 bits per heavy atom. The van der Waals surface area contributed by atoms with Crippen molar-refractivity contribution in [2.45, 2.75) is 26.8 Å². The molecule has 0 radical (unpaired) electrons. The summed E-state index contributed by atoms with van der Waals surface area (Å²) in [7, 11) is 1.82. The fourth-order valence-electron chi connectivity index (χ4n) is 2.00. The second-order valence-electron chi connectivity index (χ2n) is 4.62. The second-order valence-corrected chi connectivity index (χ2v) is 4.96. The van der Waals surface area contributed by atoms with Gasteiger partial charge in [-0.1, -0.05) is 19.1 Å². The molecule has 5 heteroatoms. The maximum Gasteiger partial charge on any atom is 0.224 e. The van der Waals surface area contributed by atoms with Crippen LogP contribution in [0.1, 0.15) is 23.6 Å². The average molecular weight is 291 g/mol. The first-order valence-corrected chi connectivity index (χ1v) is 7.04. The highest BCUT2D eigenvalue weighted by atomic mass is 35.5. The van der Waals surface area contributed by atoms with Gasteiger partial charge in [0.2, 0.25) is 5.28 Å². The first-order chi connectivity index (χ1) is 9.63. The Hall–Kier alpha value is -1.81. The number of halogens is 1. The van der Waals surface area contributed by atoms with E-state index in [0.717, 1.165) is 23.5 Å². The molecule has 0 fully saturated rings. The van der Waals surface area contributed by atoms with Crippen LogP contribution in [0.2, 0.25) is 5.28 Å². The maximum atomic E-state index is 5.79. The highest BCUT2D eigenvalue weighted by Gasteiger charge is 2.06. The molecule has 0 spiro atoms. The van der Waals surface area contributed by atoms with Gasteiger partial charge >= 0.3 is 0 Å². The van der Waals surface area contributed by atoms with E-state index in [4.69, 9.17) is 11.6 Å². The van der Waals surface area contributed by atoms with Gasteiger partial charge in [0.1, 0.15) is 5.82 Å². The molecule has 0 atom stereocenters. The standard InChI is InChI=1S/C15H19ClN4/c1-4-11-6-5-10(2)13(7-11)18-8-12-9-19-15(16)20-14(12)17-3/h5-7,9,18H,4,8H2,1-3H3,(H,17,19,20). The van der Waals surface area contributed by atoms with E-state index in [9.17, 15) is 0 Å². The predicted octanol–water partition coefficient (Wildman–Crippen LogP) is 3.65. The van der Waals surface area contributed by atoms with Crippen LogP contribution in [0.3, 0.4) is 0 Å². The third kappa shape index (κ3) is 3.39. The van der Waals surface area contributed by atoms with E-state index in [1.165, 1.54) is 11.1 Å². The fourth-order valence-corrected chi connectivity index (χ4v) is 2.13. The van der Waals surface area contributed by atoms with Crippen molar-refractivity contribution in [2.75, 3.05) is 17.7 Å². The number of aryl methyl sites for hydroxylation is 2. The largest absolute Gasteiger partial charge is 0.381 e. The Morgan fingerprint density at radius 3 is 2.80 bits per heavy atom. The zero-order chi connectivity index (χ0) is 14.5. The third-order valence-electron chi connectivity index (χ3n) is 3.25. The lowest BCUT2D eigenvalue weighted by molar-refractivity contribution is 1.04. The number of hydrogen-bond donors (Lipinski definition) is 2. The Labute approximate surface area is 124 Å². The summed E-state index contributed by atoms with van der Waals surface area (Å²) in [6.45, 7) is 4.90. The van der Waals surface area contributed by atoms with Crippen LogP contribution >= 0.6 is 11.6 Å². The number of aromatic nitrogens is 2. The molecule has 0 aliphatic carbocycles. The number of nitrogens with zero attached hydrogens (tertiary/aromatic N) is 2. The summed E-state index contributed by atoms with van der Waals surface area (Å²) in [5, 5.41) is 6.72. The van der Waals surface area contributed by atoms with Crippen molar-refractivity contribution in [3.63, 3.8) is 0 Å². The molecule has 1 aromatic carbocycles. The number of benzene rings is 1. The van der Waals surface area contributed by atoms with Crippen molar-refractivity contribution >= 4 is 23.1 Å². The van der Waals surface area contributed by atoms with Gasteiger partial charge in [-0.25, -0.2) is 9.97 Å². The molecule has 106 valence electrons. The molecule has 0 amide bonds. The number of nitrogens with one attached hydrogen (secondary N) is 2. The summed E-state index contributed by atoms with van der Waals surface area (Å²) in [4.78, 5) is 8.19. The molecule has 0 aliphatic heterocycles. The van der Waals surface area contributed by atoms with Crippen LogP contribution in [0.15, 0.2) is 24.4 Å². The van der Waals surface area contributed by atoms with Crippen LogP contribution < -0.4 is 10.6 Å². The number of rotatable bonds is 5. The fraction of sp³-hybridized carbons (Fsp3) is 0.333. The SMILES string of the molecule is CCc1ccc(C)c(NCc2cnc(Cl)nc2NC)c1. The Bertz CT molecular complexity index is 598. The van der Waals surface area contributed by atoms with Crippen molar-refractivity contribution in [3.8, 4) is 0 Å². The second kappa shape index (κ2) is 6.57. The Balaban J connectivity index is 2.16. The average Bonchev–Trinajstić information content (AvgIpc) is 2.47. The van der Waals surface area contributed by atoms with Gasteiger partial charge in [-0.2, -0.15) is 0 Å². The van der Waals surface area contributed by atoms with Crippen molar-refractivity contribution in [1.29, 1.82) is 0 Å². The zero-order valence-corrected chi connectivity index (χ0v) is 12.8. The van der Waals surface area contributed by atoms with Gasteiger partial charge in [-0.15, -0.1) is 0 Å². The van der Waals surface area contributed by atoms with Gasteiger partial charge in [0.15, 0.2) is 0 Å². The first kappa shape index (κ1) is 14.6. The van der Waals surface area contributed by atoms with Gasteiger partial charge in [0, 0.05) is 31.0 Å². The van der Waals surface area contributed by atoms with Crippen molar-refractivity contribution in [3.05, 3.63) is 46.4 Å². The van der Waals surface area contributed by atoms with E-state index in [1.807, 2.05) is 7.05 Å². The first-order valence-electron chi connectivity index (χ1n) is 6.66. The van der Waals surface area contributed by atoms with E-state index in [2.05, 4.69) is 52.6 Å². The summed E-state index contributed by atoms with van der Waals surface area (Å²) in [6.07, 6.45) is 2.77. The monoisotopic (exact) mass is 290 g/mol. The normalized spacial score (nSPS) is 10.4. The summed E-state index contributed by atoms with van der Waals surface area (Å²) in [6, 6.07) is 6.48. The van der Waals surface area contributed by atoms with Crippen LogP contribution in [-0.2, 0) is 13.0 Å². The molecule has 0 unspecified atom stereocenters. The Kier molecular flexibility index (Phi) is 4.79. The van der Waals surface area contributed by atoms with Crippen LogP contribution in [0, 0.1) is 6.92 Å². The molecule has 2 N–H and O–H groups in total. The van der Waals surface area contributed by atoms with Crippen LogP contribution in [-0.4, -0.2) is 17.0 Å². The minimum absolute atomic E-state index is 0.252. The molecule has 1 aromatic heterocycles. The summed E-state index contributed by atoms with van der Waals surface area (Å²) < 4.78 is 0. The van der Waals surface area contributed by atoms with Gasteiger partial charge in [0.25, 0.3) is 0 Å². The quantitative estimate of drug-likeness (QED) is 0.825. The minimum atomic E-state index is 0.252. The van der Waals surface area contributed by atoms with Crippen molar-refractivity contribution in [1.82, 2.24) is 9.97 Å². The lowest BCUT2D eigenvalue weighted by atomic mass is 10.1. The third-order valence-corrected chi connectivity index (χ3v) is 3.43. The van der Waals surface area contributed by atoms with Crippen LogP contribution in [0.4, 0.5) is 11.5 Å². The van der Waals surface area contributed by atoms with E-state index >= 15 is 0 Å². The molecule has 0 saturated heterocycles. The molecule has 20 heavy (non-hydrogen) atoms. The highest BCUT2D eigenvalue weighted by molar-refractivity contribution is 6.28. The summed E-state index contributed by atoms with van der Waals surface area (Å²) >= 11 is 5.79. The molecule has 4 nitrogen and oxygen atoms in total. The van der Waals surface area contributed by atoms with Crippen molar-refractivity contribution in [2.24, 2.45) is 0 Å². The smallest absolute Gasteiger partial charge is 0.224 e. The topological polar surface area (TPSA) is 49.8 Å². The lowest BCUT2D eigenvalue weighted by Gasteiger charge is -2.13. The molecular formula is C15H19ClN4. The molecule has 0 bridgehead atoms. The summed E-state index contributed by atoms with van der Waals surface area (Å²) in [5.41, 5.74) is 4.67. The molecule has 2 rings (SSSR count). The number of hydrogen-bond acceptors (Lipinski definition) is 4. The Morgan fingerprint density at radius 1 is 1.30 bits per heavy atom. The zero-order valence-electron chi connectivity index (χ0n) is 12.0. The van der Waals surface area contributed by atoms with E-state index < -0.39 is 0 Å². The lowest BCUT2D eigenvalue weighted by Crippen LogP contribution is -2.07. The van der Waals surface area contributed by atoms with Gasteiger partial charge in [0.05, 0.1) is 0 Å². The highest BCUT2D eigenvalue weighted by Crippen LogP contribution is 2.20. The van der Waals surface area contributed by atoms with E-state index in [-0.39, 0.29) is 5.28 Å². The van der Waals surface area contributed by atoms with Crippen LogP contribution in [0.5, 0.6) is 0 Å². The molecular weight excluding hydrogens is 272 g/mol.